The van der Waals surface area contributed by atoms with E-state index in [2.05, 4.69) is 90.0 Å². The molecular weight excluding hydrogens is 406 g/mol. The fourth-order valence-corrected chi connectivity index (χ4v) is 5.07. The molecule has 0 bridgehead atoms. The first-order chi connectivity index (χ1) is 16.1. The van der Waals surface area contributed by atoms with Crippen molar-refractivity contribution < 1.29 is 0 Å². The highest BCUT2D eigenvalue weighted by Crippen LogP contribution is 2.37. The Labute approximate surface area is 194 Å². The molecule has 3 heterocycles. The SMILES string of the molecule is Cc1cc2nc(-c3ccccc3)c3nc(-c4ccn(C)c4)c(NC4CCCC4)n3c2cc1C. The Bertz CT molecular complexity index is 1470. The summed E-state index contributed by atoms with van der Waals surface area (Å²) in [6, 6.07) is 17.5. The number of aromatic nitrogens is 4. The van der Waals surface area contributed by atoms with Crippen LogP contribution in [0.25, 0.3) is 39.2 Å². The molecule has 1 aliphatic carbocycles. The molecule has 0 amide bonds. The fraction of sp³-hybridized carbons (Fsp3) is 0.286. The summed E-state index contributed by atoms with van der Waals surface area (Å²) in [7, 11) is 2.06. The Morgan fingerprint density at radius 1 is 0.879 bits per heavy atom. The molecule has 0 atom stereocenters. The zero-order valence-electron chi connectivity index (χ0n) is 19.5. The summed E-state index contributed by atoms with van der Waals surface area (Å²) in [5, 5.41) is 3.91. The van der Waals surface area contributed by atoms with Crippen LogP contribution < -0.4 is 5.32 Å². The number of benzene rings is 2. The monoisotopic (exact) mass is 435 g/mol. The highest BCUT2D eigenvalue weighted by atomic mass is 15.2. The minimum atomic E-state index is 0.474. The van der Waals surface area contributed by atoms with Crippen molar-refractivity contribution in [3.8, 4) is 22.5 Å². The fourth-order valence-electron chi connectivity index (χ4n) is 5.07. The van der Waals surface area contributed by atoms with Crippen LogP contribution in [0.4, 0.5) is 5.82 Å². The third kappa shape index (κ3) is 3.39. The van der Waals surface area contributed by atoms with Gasteiger partial charge in [0, 0.05) is 36.6 Å². The lowest BCUT2D eigenvalue weighted by Gasteiger charge is -2.17. The number of hydrogen-bond acceptors (Lipinski definition) is 3. The number of nitrogens with zero attached hydrogens (tertiary/aromatic N) is 4. The second-order valence-electron chi connectivity index (χ2n) is 9.41. The van der Waals surface area contributed by atoms with Crippen molar-refractivity contribution in [1.82, 2.24) is 18.9 Å². The lowest BCUT2D eigenvalue weighted by Crippen LogP contribution is -2.16. The van der Waals surface area contributed by atoms with Gasteiger partial charge in [-0.2, -0.15) is 0 Å². The molecule has 3 aromatic heterocycles. The van der Waals surface area contributed by atoms with E-state index < -0.39 is 0 Å². The van der Waals surface area contributed by atoms with Crippen LogP contribution in [0.5, 0.6) is 0 Å². The lowest BCUT2D eigenvalue weighted by atomic mass is 10.1. The minimum Gasteiger partial charge on any atom is -0.367 e. The normalized spacial score (nSPS) is 14.5. The van der Waals surface area contributed by atoms with E-state index in [1.807, 2.05) is 6.07 Å². The number of hydrogen-bond donors (Lipinski definition) is 1. The van der Waals surface area contributed by atoms with Crippen molar-refractivity contribution in [3.63, 3.8) is 0 Å². The van der Waals surface area contributed by atoms with Crippen LogP contribution in [0, 0.1) is 13.8 Å². The molecule has 1 N–H and O–H groups in total. The molecule has 5 heteroatoms. The third-order valence-corrected chi connectivity index (χ3v) is 7.00. The van der Waals surface area contributed by atoms with E-state index in [0.29, 0.717) is 6.04 Å². The molecule has 6 rings (SSSR count). The van der Waals surface area contributed by atoms with Gasteiger partial charge in [0.1, 0.15) is 17.2 Å². The second-order valence-corrected chi connectivity index (χ2v) is 9.41. The topological polar surface area (TPSA) is 47.2 Å². The number of rotatable bonds is 4. The van der Waals surface area contributed by atoms with Gasteiger partial charge in [0.15, 0.2) is 5.65 Å². The van der Waals surface area contributed by atoms with Gasteiger partial charge in [0.05, 0.1) is 11.0 Å². The summed E-state index contributed by atoms with van der Waals surface area (Å²) in [4.78, 5) is 10.4. The molecule has 5 nitrogen and oxygen atoms in total. The van der Waals surface area contributed by atoms with E-state index in [1.165, 1.54) is 36.8 Å². The number of nitrogens with one attached hydrogen (secondary N) is 1. The molecule has 0 unspecified atom stereocenters. The number of anilines is 1. The Balaban J connectivity index is 1.73. The highest BCUT2D eigenvalue weighted by Gasteiger charge is 2.24. The molecule has 2 aromatic carbocycles. The standard InChI is InChI=1S/C28H29N5/c1-18-15-23-24(16-19(18)2)33-27(29-22-11-7-8-12-22)26(21-13-14-32(3)17-21)31-28(33)25(30-23)20-9-5-4-6-10-20/h4-6,9-10,13-17,22,29H,7-8,11-12H2,1-3H3. The van der Waals surface area contributed by atoms with Gasteiger partial charge in [-0.15, -0.1) is 0 Å². The van der Waals surface area contributed by atoms with E-state index >= 15 is 0 Å². The van der Waals surface area contributed by atoms with Crippen LogP contribution in [0.3, 0.4) is 0 Å². The van der Waals surface area contributed by atoms with Gasteiger partial charge >= 0.3 is 0 Å². The Hall–Kier alpha value is -3.60. The summed E-state index contributed by atoms with van der Waals surface area (Å²) in [6.45, 7) is 4.33. The Kier molecular flexibility index (Phi) is 4.72. The van der Waals surface area contributed by atoms with Crippen molar-refractivity contribution in [3.05, 3.63) is 72.1 Å². The van der Waals surface area contributed by atoms with E-state index in [1.54, 1.807) is 0 Å². The van der Waals surface area contributed by atoms with Gasteiger partial charge in [0.25, 0.3) is 0 Å². The third-order valence-electron chi connectivity index (χ3n) is 7.00. The smallest absolute Gasteiger partial charge is 0.166 e. The second kappa shape index (κ2) is 7.77. The maximum atomic E-state index is 5.24. The summed E-state index contributed by atoms with van der Waals surface area (Å²) in [5.41, 5.74) is 9.63. The van der Waals surface area contributed by atoms with Gasteiger partial charge in [0.2, 0.25) is 0 Å². The molecule has 5 aromatic rings. The molecule has 0 radical (unpaired) electrons. The molecule has 1 fully saturated rings. The Morgan fingerprint density at radius 2 is 1.64 bits per heavy atom. The first kappa shape index (κ1) is 20.0. The van der Waals surface area contributed by atoms with Crippen molar-refractivity contribution in [2.24, 2.45) is 7.05 Å². The first-order valence-corrected chi connectivity index (χ1v) is 11.9. The van der Waals surface area contributed by atoms with Gasteiger partial charge < -0.3 is 9.88 Å². The highest BCUT2D eigenvalue weighted by molar-refractivity contribution is 5.92. The number of imidazole rings is 1. The zero-order chi connectivity index (χ0) is 22.5. The lowest BCUT2D eigenvalue weighted by molar-refractivity contribution is 0.750. The summed E-state index contributed by atoms with van der Waals surface area (Å²) in [5.74, 6) is 1.08. The van der Waals surface area contributed by atoms with Crippen LogP contribution >= 0.6 is 0 Å². The molecule has 1 saturated carbocycles. The molecular formula is C28H29N5. The first-order valence-electron chi connectivity index (χ1n) is 11.9. The van der Waals surface area contributed by atoms with E-state index in [4.69, 9.17) is 9.97 Å². The summed E-state index contributed by atoms with van der Waals surface area (Å²) < 4.78 is 4.40. The van der Waals surface area contributed by atoms with Crippen LogP contribution in [0.2, 0.25) is 0 Å². The molecule has 0 aliphatic heterocycles. The van der Waals surface area contributed by atoms with Gasteiger partial charge in [-0.1, -0.05) is 43.2 Å². The van der Waals surface area contributed by atoms with Crippen molar-refractivity contribution in [2.75, 3.05) is 5.32 Å². The largest absolute Gasteiger partial charge is 0.367 e. The average molecular weight is 436 g/mol. The van der Waals surface area contributed by atoms with Crippen LogP contribution in [0.1, 0.15) is 36.8 Å². The molecule has 33 heavy (non-hydrogen) atoms. The average Bonchev–Trinajstić information content (AvgIpc) is 3.56. The van der Waals surface area contributed by atoms with Gasteiger partial charge in [-0.05, 0) is 56.0 Å². The van der Waals surface area contributed by atoms with Gasteiger partial charge in [-0.25, -0.2) is 9.97 Å². The van der Waals surface area contributed by atoms with Crippen molar-refractivity contribution in [2.45, 2.75) is 45.6 Å². The molecule has 0 spiro atoms. The predicted octanol–water partition coefficient (Wildman–Crippen LogP) is 6.53. The zero-order valence-corrected chi connectivity index (χ0v) is 19.5. The van der Waals surface area contributed by atoms with E-state index in [9.17, 15) is 0 Å². The predicted molar refractivity (Wildman–Crippen MR) is 136 cm³/mol. The number of aryl methyl sites for hydroxylation is 3. The van der Waals surface area contributed by atoms with Crippen LogP contribution in [0.15, 0.2) is 60.9 Å². The maximum Gasteiger partial charge on any atom is 0.166 e. The quantitative estimate of drug-likeness (QED) is 0.349. The van der Waals surface area contributed by atoms with E-state index in [0.717, 1.165) is 45.0 Å². The van der Waals surface area contributed by atoms with Crippen molar-refractivity contribution >= 4 is 22.5 Å². The maximum absolute atomic E-state index is 5.24. The van der Waals surface area contributed by atoms with Gasteiger partial charge in [-0.3, -0.25) is 4.40 Å². The van der Waals surface area contributed by atoms with E-state index in [-0.39, 0.29) is 0 Å². The summed E-state index contributed by atoms with van der Waals surface area (Å²) in [6.07, 6.45) is 9.20. The van der Waals surface area contributed by atoms with Crippen LogP contribution in [-0.4, -0.2) is 25.0 Å². The molecule has 0 saturated heterocycles. The van der Waals surface area contributed by atoms with Crippen LogP contribution in [-0.2, 0) is 7.05 Å². The Morgan fingerprint density at radius 3 is 2.36 bits per heavy atom. The molecule has 166 valence electrons. The number of fused-ring (bicyclic) bond motifs is 3. The van der Waals surface area contributed by atoms with Crippen molar-refractivity contribution in [1.29, 1.82) is 0 Å². The molecule has 1 aliphatic rings. The summed E-state index contributed by atoms with van der Waals surface area (Å²) >= 11 is 0. The minimum absolute atomic E-state index is 0.474.